The van der Waals surface area contributed by atoms with Crippen molar-refractivity contribution in [2.45, 2.75) is 25.3 Å². The number of ether oxygens (including phenoxy) is 1. The molecule has 62 valence electrons. The lowest BCUT2D eigenvalue weighted by Gasteiger charge is -2.17. The van der Waals surface area contributed by atoms with Crippen LogP contribution in [0.4, 0.5) is 0 Å². The van der Waals surface area contributed by atoms with E-state index in [1.807, 2.05) is 0 Å². The van der Waals surface area contributed by atoms with Crippen LogP contribution in [-0.4, -0.2) is 30.1 Å². The lowest BCUT2D eigenvalue weighted by atomic mass is 10.1. The number of methoxy groups -OCH3 is 1. The van der Waals surface area contributed by atoms with Gasteiger partial charge in [-0.1, -0.05) is 0 Å². The summed E-state index contributed by atoms with van der Waals surface area (Å²) in [5.74, 6) is -0.434. The predicted molar refractivity (Wildman–Crippen MR) is 39.3 cm³/mol. The molecule has 0 fully saturated rings. The Hall–Kier alpha value is -1.06. The van der Waals surface area contributed by atoms with E-state index in [0.717, 1.165) is 12.8 Å². The van der Waals surface area contributed by atoms with Gasteiger partial charge in [0.2, 0.25) is 0 Å². The highest BCUT2D eigenvalue weighted by Crippen LogP contribution is 2.09. The van der Waals surface area contributed by atoms with Gasteiger partial charge in [0.1, 0.15) is 0 Å². The number of hydroxylamine groups is 1. The first-order valence-electron chi connectivity index (χ1n) is 3.62. The van der Waals surface area contributed by atoms with Crippen LogP contribution in [0.2, 0.25) is 0 Å². The zero-order valence-electron chi connectivity index (χ0n) is 6.45. The van der Waals surface area contributed by atoms with Crippen LogP contribution >= 0.6 is 0 Å². The topological polar surface area (TPSA) is 52.4 Å². The van der Waals surface area contributed by atoms with Crippen molar-refractivity contribution in [2.75, 3.05) is 7.11 Å². The van der Waals surface area contributed by atoms with Crippen molar-refractivity contribution in [1.29, 1.82) is 0 Å². The maximum Gasteiger partial charge on any atom is 0.376 e. The molecule has 0 saturated heterocycles. The van der Waals surface area contributed by atoms with Crippen LogP contribution in [0.5, 0.6) is 0 Å². The molecule has 11 heavy (non-hydrogen) atoms. The molecule has 1 aliphatic rings. The van der Waals surface area contributed by atoms with Crippen molar-refractivity contribution in [3.05, 3.63) is 5.21 Å². The summed E-state index contributed by atoms with van der Waals surface area (Å²) in [6.45, 7) is 0. The normalized spacial score (nSPS) is 24.1. The van der Waals surface area contributed by atoms with E-state index in [2.05, 4.69) is 4.74 Å². The Bertz CT molecular complexity index is 188. The second-order valence-electron chi connectivity index (χ2n) is 2.51. The fraction of sp³-hybridized carbons (Fsp3) is 0.714. The van der Waals surface area contributed by atoms with Gasteiger partial charge in [-0.15, -0.1) is 0 Å². The third-order valence-corrected chi connectivity index (χ3v) is 1.77. The minimum atomic E-state index is -0.603. The minimum absolute atomic E-state index is 0.434. The Morgan fingerprint density at radius 3 is 3.09 bits per heavy atom. The molecule has 0 spiro atoms. The second-order valence-corrected chi connectivity index (χ2v) is 2.51. The van der Waals surface area contributed by atoms with E-state index in [1.165, 1.54) is 13.3 Å². The monoisotopic (exact) mass is 157 g/mol. The van der Waals surface area contributed by atoms with Gasteiger partial charge in [0, 0.05) is 12.8 Å². The summed E-state index contributed by atoms with van der Waals surface area (Å²) < 4.78 is 5.15. The maximum atomic E-state index is 11.0. The average Bonchev–Trinajstić information content (AvgIpc) is 2.04. The molecular formula is C7H11NO3. The van der Waals surface area contributed by atoms with Crippen molar-refractivity contribution in [1.82, 2.24) is 0 Å². The number of hydrogen-bond acceptors (Lipinski definition) is 3. The first-order valence-corrected chi connectivity index (χ1v) is 3.62. The molecule has 0 amide bonds. The number of carbonyl (C=O) groups is 1. The van der Waals surface area contributed by atoms with E-state index < -0.39 is 12.0 Å². The van der Waals surface area contributed by atoms with Gasteiger partial charge in [0.25, 0.3) is 6.04 Å². The molecule has 0 saturated carbocycles. The van der Waals surface area contributed by atoms with Crippen LogP contribution in [0.25, 0.3) is 0 Å². The molecule has 1 heterocycles. The van der Waals surface area contributed by atoms with Crippen LogP contribution in [0, 0.1) is 5.21 Å². The van der Waals surface area contributed by atoms with Crippen LogP contribution in [0.3, 0.4) is 0 Å². The van der Waals surface area contributed by atoms with E-state index >= 15 is 0 Å². The summed E-state index contributed by atoms with van der Waals surface area (Å²) in [5.41, 5.74) is 0. The Balaban J connectivity index is 2.63. The smallest absolute Gasteiger partial charge is 0.376 e. The van der Waals surface area contributed by atoms with Crippen LogP contribution in [-0.2, 0) is 9.53 Å². The van der Waals surface area contributed by atoms with Crippen molar-refractivity contribution in [3.8, 4) is 0 Å². The molecule has 4 nitrogen and oxygen atoms in total. The van der Waals surface area contributed by atoms with Gasteiger partial charge in [-0.2, -0.15) is 0 Å². The number of esters is 1. The number of nitrogens with zero attached hydrogens (tertiary/aromatic N) is 1. The Kier molecular flexibility index (Phi) is 2.46. The van der Waals surface area contributed by atoms with E-state index in [-0.39, 0.29) is 0 Å². The predicted octanol–water partition coefficient (Wildman–Crippen LogP) is 0.293. The summed E-state index contributed by atoms with van der Waals surface area (Å²) in [5, 5.41) is 11.0. The second kappa shape index (κ2) is 3.37. The van der Waals surface area contributed by atoms with E-state index in [4.69, 9.17) is 0 Å². The highest BCUT2D eigenvalue weighted by Gasteiger charge is 2.28. The van der Waals surface area contributed by atoms with Gasteiger partial charge in [0.15, 0.2) is 6.21 Å². The van der Waals surface area contributed by atoms with E-state index in [1.54, 1.807) is 0 Å². The van der Waals surface area contributed by atoms with Gasteiger partial charge < -0.3 is 9.94 Å². The van der Waals surface area contributed by atoms with Crippen LogP contribution < -0.4 is 0 Å². The van der Waals surface area contributed by atoms with Crippen LogP contribution in [0.15, 0.2) is 0 Å². The zero-order valence-corrected chi connectivity index (χ0v) is 6.45. The Labute approximate surface area is 65.1 Å². The summed E-state index contributed by atoms with van der Waals surface area (Å²) in [7, 11) is 1.30. The quantitative estimate of drug-likeness (QED) is 0.312. The van der Waals surface area contributed by atoms with Gasteiger partial charge in [-0.25, -0.2) is 9.53 Å². The van der Waals surface area contributed by atoms with Gasteiger partial charge in [-0.05, 0) is 6.42 Å². The van der Waals surface area contributed by atoms with E-state index in [9.17, 15) is 10.0 Å². The van der Waals surface area contributed by atoms with Crippen molar-refractivity contribution in [3.63, 3.8) is 0 Å². The maximum absolute atomic E-state index is 11.0. The van der Waals surface area contributed by atoms with Crippen molar-refractivity contribution in [2.24, 2.45) is 0 Å². The number of hydrogen-bond donors (Lipinski definition) is 0. The SMILES string of the molecule is COC(=O)C1CCCC=[N+]1[O-]. The van der Waals surface area contributed by atoms with Gasteiger partial charge in [-0.3, -0.25) is 0 Å². The van der Waals surface area contributed by atoms with E-state index in [0.29, 0.717) is 11.2 Å². The van der Waals surface area contributed by atoms with Crippen LogP contribution in [0.1, 0.15) is 19.3 Å². The lowest BCUT2D eigenvalue weighted by Crippen LogP contribution is -2.34. The molecule has 0 radical (unpaired) electrons. The van der Waals surface area contributed by atoms with Crippen molar-refractivity contribution < 1.29 is 14.3 Å². The summed E-state index contributed by atoms with van der Waals surface area (Å²) >= 11 is 0. The highest BCUT2D eigenvalue weighted by molar-refractivity contribution is 5.75. The molecule has 0 aliphatic carbocycles. The Morgan fingerprint density at radius 1 is 1.82 bits per heavy atom. The average molecular weight is 157 g/mol. The molecule has 0 N–H and O–H groups in total. The van der Waals surface area contributed by atoms with Gasteiger partial charge in [0.05, 0.1) is 7.11 Å². The highest BCUT2D eigenvalue weighted by atomic mass is 16.5. The lowest BCUT2D eigenvalue weighted by molar-refractivity contribution is -0.491. The molecule has 0 aromatic rings. The number of rotatable bonds is 1. The first kappa shape index (κ1) is 8.04. The zero-order chi connectivity index (χ0) is 8.27. The molecular weight excluding hydrogens is 146 g/mol. The largest absolute Gasteiger partial charge is 0.623 e. The summed E-state index contributed by atoms with van der Waals surface area (Å²) in [4.78, 5) is 10.9. The fourth-order valence-corrected chi connectivity index (χ4v) is 1.14. The first-order chi connectivity index (χ1) is 5.25. The standard InChI is InChI=1S/C7H11NO3/c1-11-7(9)6-4-2-3-5-8(6)10/h5-6H,2-4H2,1H3. The molecule has 1 unspecified atom stereocenters. The molecule has 0 aromatic heterocycles. The van der Waals surface area contributed by atoms with Gasteiger partial charge >= 0.3 is 5.97 Å². The fourth-order valence-electron chi connectivity index (χ4n) is 1.14. The summed E-state index contributed by atoms with van der Waals surface area (Å²) in [6, 6.07) is -0.603. The number of carbonyl (C=O) groups excluding carboxylic acids is 1. The molecule has 1 atom stereocenters. The molecule has 1 rings (SSSR count). The Morgan fingerprint density at radius 2 is 2.55 bits per heavy atom. The third-order valence-electron chi connectivity index (χ3n) is 1.77. The summed E-state index contributed by atoms with van der Waals surface area (Å²) in [6.07, 6.45) is 3.74. The molecule has 0 aromatic carbocycles. The van der Waals surface area contributed by atoms with Crippen molar-refractivity contribution >= 4 is 12.2 Å². The third kappa shape index (κ3) is 1.69. The molecule has 1 aliphatic heterocycles. The minimum Gasteiger partial charge on any atom is -0.623 e. The molecule has 4 heteroatoms. The molecule has 0 bridgehead atoms.